The van der Waals surface area contributed by atoms with Crippen LogP contribution in [0.2, 0.25) is 0 Å². The molecule has 0 aliphatic heterocycles. The fourth-order valence-electron chi connectivity index (χ4n) is 1.09. The molecule has 0 radical (unpaired) electrons. The highest BCUT2D eigenvalue weighted by atomic mass is 16.6. The van der Waals surface area contributed by atoms with Gasteiger partial charge in [-0.25, -0.2) is 4.79 Å². The van der Waals surface area contributed by atoms with Crippen molar-refractivity contribution >= 4 is 17.7 Å². The minimum atomic E-state index is -0.955. The van der Waals surface area contributed by atoms with E-state index in [9.17, 15) is 14.4 Å². The predicted octanol–water partition coefficient (Wildman–Crippen LogP) is 0.976. The molecule has 5 nitrogen and oxygen atoms in total. The summed E-state index contributed by atoms with van der Waals surface area (Å²) in [6, 6.07) is 8.09. The number of benzene rings is 1. The molecule has 0 aromatic heterocycles. The molecule has 0 saturated carbocycles. The maximum atomic E-state index is 11.5. The van der Waals surface area contributed by atoms with Crippen molar-refractivity contribution in [3.05, 3.63) is 35.9 Å². The molecule has 0 saturated heterocycles. The summed E-state index contributed by atoms with van der Waals surface area (Å²) in [5.41, 5.74) is 0.269. The molecule has 90 valence electrons. The van der Waals surface area contributed by atoms with E-state index in [1.54, 1.807) is 18.2 Å². The number of hydrogen-bond donors (Lipinski definition) is 0. The van der Waals surface area contributed by atoms with E-state index in [1.807, 2.05) is 0 Å². The van der Waals surface area contributed by atoms with Crippen LogP contribution in [0.15, 0.2) is 30.3 Å². The van der Waals surface area contributed by atoms with Gasteiger partial charge >= 0.3 is 11.9 Å². The number of esters is 2. The zero-order valence-electron chi connectivity index (χ0n) is 9.34. The zero-order valence-corrected chi connectivity index (χ0v) is 9.34. The van der Waals surface area contributed by atoms with E-state index in [1.165, 1.54) is 19.1 Å². The normalized spacial score (nSPS) is 9.47. The Morgan fingerprint density at radius 1 is 1.00 bits per heavy atom. The van der Waals surface area contributed by atoms with Gasteiger partial charge in [0.2, 0.25) is 0 Å². The Hall–Kier alpha value is -2.17. The van der Waals surface area contributed by atoms with Gasteiger partial charge in [0.1, 0.15) is 13.2 Å². The molecule has 0 bridgehead atoms. The average molecular weight is 236 g/mol. The Kier molecular flexibility index (Phi) is 4.87. The van der Waals surface area contributed by atoms with Crippen LogP contribution in [0, 0.1) is 0 Å². The van der Waals surface area contributed by atoms with Gasteiger partial charge in [0.05, 0.1) is 0 Å². The number of Topliss-reactive ketones (excluding diaryl/α,β-unsaturated/α-hetero) is 1. The lowest BCUT2D eigenvalue weighted by atomic mass is 10.1. The Morgan fingerprint density at radius 3 is 2.18 bits per heavy atom. The van der Waals surface area contributed by atoms with Crippen molar-refractivity contribution in [2.45, 2.75) is 6.92 Å². The van der Waals surface area contributed by atoms with Gasteiger partial charge in [0.15, 0.2) is 0 Å². The van der Waals surface area contributed by atoms with Gasteiger partial charge in [-0.2, -0.15) is 0 Å². The summed E-state index contributed by atoms with van der Waals surface area (Å²) in [5, 5.41) is 0. The molecule has 1 rings (SSSR count). The quantitative estimate of drug-likeness (QED) is 0.330. The fraction of sp³-hybridized carbons (Fsp3) is 0.250. The molecule has 0 aliphatic rings. The third-order valence-corrected chi connectivity index (χ3v) is 1.84. The number of carbonyl (C=O) groups excluding carboxylic acids is 3. The molecule has 0 fully saturated rings. The number of hydrogen-bond acceptors (Lipinski definition) is 5. The summed E-state index contributed by atoms with van der Waals surface area (Å²) < 4.78 is 9.19. The Balaban J connectivity index is 2.38. The predicted molar refractivity (Wildman–Crippen MR) is 58.4 cm³/mol. The van der Waals surface area contributed by atoms with Crippen molar-refractivity contribution < 1.29 is 23.9 Å². The van der Waals surface area contributed by atoms with Gasteiger partial charge in [-0.3, -0.25) is 9.59 Å². The third kappa shape index (κ3) is 4.46. The van der Waals surface area contributed by atoms with E-state index in [0.29, 0.717) is 0 Å². The summed E-state index contributed by atoms with van der Waals surface area (Å²) >= 11 is 0. The summed E-state index contributed by atoms with van der Waals surface area (Å²) in [4.78, 5) is 33.2. The lowest BCUT2D eigenvalue weighted by Gasteiger charge is -2.04. The second kappa shape index (κ2) is 6.42. The average Bonchev–Trinajstić information content (AvgIpc) is 2.34. The highest BCUT2D eigenvalue weighted by Crippen LogP contribution is 2.01. The second-order valence-electron chi connectivity index (χ2n) is 3.17. The van der Waals surface area contributed by atoms with Crippen LogP contribution < -0.4 is 0 Å². The van der Waals surface area contributed by atoms with Crippen LogP contribution in [0.5, 0.6) is 0 Å². The van der Waals surface area contributed by atoms with E-state index in [2.05, 4.69) is 9.47 Å². The van der Waals surface area contributed by atoms with Gasteiger partial charge in [-0.05, 0) is 0 Å². The van der Waals surface area contributed by atoms with Crippen molar-refractivity contribution in [1.82, 2.24) is 0 Å². The van der Waals surface area contributed by atoms with Crippen LogP contribution in [0.4, 0.5) is 0 Å². The van der Waals surface area contributed by atoms with Gasteiger partial charge in [-0.15, -0.1) is 0 Å². The monoisotopic (exact) mass is 236 g/mol. The van der Waals surface area contributed by atoms with Crippen molar-refractivity contribution in [2.75, 3.05) is 13.2 Å². The molecule has 0 spiro atoms. The van der Waals surface area contributed by atoms with Crippen LogP contribution >= 0.6 is 0 Å². The number of ketones is 1. The second-order valence-corrected chi connectivity index (χ2v) is 3.17. The van der Waals surface area contributed by atoms with E-state index in [0.717, 1.165) is 0 Å². The van der Waals surface area contributed by atoms with Crippen LogP contribution in [0.1, 0.15) is 17.3 Å². The van der Waals surface area contributed by atoms with E-state index < -0.39 is 17.7 Å². The van der Waals surface area contributed by atoms with Gasteiger partial charge in [0.25, 0.3) is 5.78 Å². The van der Waals surface area contributed by atoms with E-state index >= 15 is 0 Å². The molecular weight excluding hydrogens is 224 g/mol. The highest BCUT2D eigenvalue weighted by Gasteiger charge is 2.17. The molecule has 0 unspecified atom stereocenters. The fourth-order valence-corrected chi connectivity index (χ4v) is 1.09. The van der Waals surface area contributed by atoms with Crippen LogP contribution in [-0.4, -0.2) is 30.9 Å². The number of carbonyl (C=O) groups is 3. The van der Waals surface area contributed by atoms with Crippen molar-refractivity contribution in [3.63, 3.8) is 0 Å². The van der Waals surface area contributed by atoms with Crippen LogP contribution in [0.3, 0.4) is 0 Å². The third-order valence-electron chi connectivity index (χ3n) is 1.84. The minimum Gasteiger partial charge on any atom is -0.462 e. The van der Waals surface area contributed by atoms with Crippen molar-refractivity contribution in [1.29, 1.82) is 0 Å². The molecule has 0 heterocycles. The first-order chi connectivity index (χ1) is 8.11. The largest absolute Gasteiger partial charge is 0.462 e. The van der Waals surface area contributed by atoms with Crippen molar-refractivity contribution in [2.24, 2.45) is 0 Å². The SMILES string of the molecule is CC(=O)OCCOC(=O)C(=O)c1ccccc1. The van der Waals surface area contributed by atoms with Gasteiger partial charge < -0.3 is 9.47 Å². The molecule has 0 aliphatic carbocycles. The molecule has 0 amide bonds. The Morgan fingerprint density at radius 2 is 1.59 bits per heavy atom. The lowest BCUT2D eigenvalue weighted by Crippen LogP contribution is -2.20. The van der Waals surface area contributed by atoms with Crippen molar-refractivity contribution in [3.8, 4) is 0 Å². The molecule has 5 heteroatoms. The molecule has 1 aromatic rings. The Labute approximate surface area is 98.3 Å². The number of ether oxygens (including phenoxy) is 2. The summed E-state index contributed by atoms with van der Waals surface area (Å²) in [7, 11) is 0. The summed E-state index contributed by atoms with van der Waals surface area (Å²) in [6.45, 7) is 1.07. The summed E-state index contributed by atoms with van der Waals surface area (Å²) in [5.74, 6) is -2.13. The molecule has 0 atom stereocenters. The van der Waals surface area contributed by atoms with Gasteiger partial charge in [-0.1, -0.05) is 30.3 Å². The molecule has 0 N–H and O–H groups in total. The minimum absolute atomic E-state index is 0.0524. The van der Waals surface area contributed by atoms with Crippen LogP contribution in [-0.2, 0) is 19.1 Å². The van der Waals surface area contributed by atoms with E-state index in [4.69, 9.17) is 0 Å². The van der Waals surface area contributed by atoms with Gasteiger partial charge in [0, 0.05) is 12.5 Å². The molecule has 17 heavy (non-hydrogen) atoms. The number of rotatable bonds is 5. The Bertz CT molecular complexity index is 410. The lowest BCUT2D eigenvalue weighted by molar-refractivity contribution is -0.147. The van der Waals surface area contributed by atoms with E-state index in [-0.39, 0.29) is 18.8 Å². The topological polar surface area (TPSA) is 69.7 Å². The zero-order chi connectivity index (χ0) is 12.7. The first-order valence-electron chi connectivity index (χ1n) is 5.01. The highest BCUT2D eigenvalue weighted by molar-refractivity contribution is 6.40. The van der Waals surface area contributed by atoms with Crippen LogP contribution in [0.25, 0.3) is 0 Å². The molecule has 1 aromatic carbocycles. The molecular formula is C12H12O5. The summed E-state index contributed by atoms with van der Waals surface area (Å²) in [6.07, 6.45) is 0. The maximum Gasteiger partial charge on any atom is 0.379 e. The first kappa shape index (κ1) is 12.9. The first-order valence-corrected chi connectivity index (χ1v) is 5.01. The standard InChI is InChI=1S/C12H12O5/c1-9(13)16-7-8-17-12(15)11(14)10-5-3-2-4-6-10/h2-6H,7-8H2,1H3. The smallest absolute Gasteiger partial charge is 0.379 e. The maximum absolute atomic E-state index is 11.5.